The van der Waals surface area contributed by atoms with E-state index < -0.39 is 10.2 Å². The Kier molecular flexibility index (Phi) is 5.00. The number of anilines is 1. The Morgan fingerprint density at radius 1 is 1.60 bits per heavy atom. The predicted molar refractivity (Wildman–Crippen MR) is 82.6 cm³/mol. The molecule has 0 amide bonds. The summed E-state index contributed by atoms with van der Waals surface area (Å²) in [6.07, 6.45) is 3.40. The van der Waals surface area contributed by atoms with Crippen LogP contribution < -0.4 is 10.5 Å². The number of rotatable bonds is 4. The van der Waals surface area contributed by atoms with E-state index in [-0.39, 0.29) is 5.92 Å². The molecule has 1 aromatic heterocycles. The van der Waals surface area contributed by atoms with Crippen molar-refractivity contribution in [3.63, 3.8) is 0 Å². The van der Waals surface area contributed by atoms with E-state index in [1.165, 1.54) is 4.31 Å². The zero-order chi connectivity index (χ0) is 14.8. The van der Waals surface area contributed by atoms with Gasteiger partial charge >= 0.3 is 10.2 Å². The van der Waals surface area contributed by atoms with E-state index in [4.69, 9.17) is 5.73 Å². The average molecular weight is 363 g/mol. The minimum atomic E-state index is -3.56. The van der Waals surface area contributed by atoms with Crippen LogP contribution in [0.2, 0.25) is 0 Å². The second-order valence-corrected chi connectivity index (χ2v) is 7.61. The summed E-state index contributed by atoms with van der Waals surface area (Å²) in [7, 11) is -3.56. The van der Waals surface area contributed by atoms with Crippen LogP contribution in [0.3, 0.4) is 0 Å². The molecule has 0 aromatic carbocycles. The number of aryl methyl sites for hydroxylation is 1. The van der Waals surface area contributed by atoms with Crippen LogP contribution in [0.1, 0.15) is 18.4 Å². The first-order valence-electron chi connectivity index (χ1n) is 6.52. The zero-order valence-electron chi connectivity index (χ0n) is 11.3. The van der Waals surface area contributed by atoms with Crippen LogP contribution in [0, 0.1) is 12.8 Å². The summed E-state index contributed by atoms with van der Waals surface area (Å²) in [5.41, 5.74) is 6.42. The largest absolute Gasteiger partial charge is 0.330 e. The minimum Gasteiger partial charge on any atom is -0.330 e. The van der Waals surface area contributed by atoms with Crippen molar-refractivity contribution < 1.29 is 8.42 Å². The molecule has 112 valence electrons. The number of piperidine rings is 1. The van der Waals surface area contributed by atoms with E-state index in [1.807, 2.05) is 13.0 Å². The van der Waals surface area contributed by atoms with Crippen molar-refractivity contribution in [3.05, 3.63) is 22.3 Å². The summed E-state index contributed by atoms with van der Waals surface area (Å²) >= 11 is 3.31. The van der Waals surface area contributed by atoms with Gasteiger partial charge in [0.15, 0.2) is 0 Å². The van der Waals surface area contributed by atoms with Crippen LogP contribution in [-0.4, -0.2) is 37.3 Å². The molecule has 8 heteroatoms. The van der Waals surface area contributed by atoms with Gasteiger partial charge in [-0.3, -0.25) is 4.72 Å². The summed E-state index contributed by atoms with van der Waals surface area (Å²) in [4.78, 5) is 4.11. The van der Waals surface area contributed by atoms with Crippen LogP contribution in [0.5, 0.6) is 0 Å². The second kappa shape index (κ2) is 6.38. The predicted octanol–water partition coefficient (Wildman–Crippen LogP) is 1.48. The number of hydrogen-bond donors (Lipinski definition) is 2. The molecule has 1 fully saturated rings. The molecule has 1 aromatic rings. The van der Waals surface area contributed by atoms with Crippen molar-refractivity contribution >= 4 is 32.0 Å². The first-order chi connectivity index (χ1) is 9.42. The van der Waals surface area contributed by atoms with E-state index in [2.05, 4.69) is 25.6 Å². The topological polar surface area (TPSA) is 88.3 Å². The van der Waals surface area contributed by atoms with Gasteiger partial charge in [0.1, 0.15) is 5.82 Å². The van der Waals surface area contributed by atoms with Gasteiger partial charge < -0.3 is 5.73 Å². The number of nitrogens with one attached hydrogen (secondary N) is 1. The lowest BCUT2D eigenvalue weighted by Gasteiger charge is -2.31. The molecule has 2 heterocycles. The lowest BCUT2D eigenvalue weighted by Crippen LogP contribution is -2.44. The summed E-state index contributed by atoms with van der Waals surface area (Å²) in [6, 6.07) is 1.82. The lowest BCUT2D eigenvalue weighted by molar-refractivity contribution is 0.273. The number of halogens is 1. The van der Waals surface area contributed by atoms with E-state index >= 15 is 0 Å². The summed E-state index contributed by atoms with van der Waals surface area (Å²) < 4.78 is 29.6. The fourth-order valence-electron chi connectivity index (χ4n) is 2.27. The van der Waals surface area contributed by atoms with E-state index in [1.54, 1.807) is 6.20 Å². The number of hydrogen-bond acceptors (Lipinski definition) is 4. The SMILES string of the molecule is Cc1cc(Br)cnc1NS(=O)(=O)N1CCCC(CN)C1. The highest BCUT2D eigenvalue weighted by molar-refractivity contribution is 9.10. The standard InChI is InChI=1S/C12H19BrN4O2S/c1-9-5-11(13)7-15-12(9)16-20(18,19)17-4-2-3-10(6-14)8-17/h5,7,10H,2-4,6,8,14H2,1H3,(H,15,16). The Labute approximate surface area is 128 Å². The number of nitrogens with two attached hydrogens (primary N) is 1. The fraction of sp³-hybridized carbons (Fsp3) is 0.583. The average Bonchev–Trinajstić information content (AvgIpc) is 2.42. The molecule has 6 nitrogen and oxygen atoms in total. The highest BCUT2D eigenvalue weighted by Crippen LogP contribution is 2.22. The fourth-order valence-corrected chi connectivity index (χ4v) is 4.08. The monoisotopic (exact) mass is 362 g/mol. The maximum absolute atomic E-state index is 12.4. The van der Waals surface area contributed by atoms with Crippen LogP contribution in [0.25, 0.3) is 0 Å². The van der Waals surface area contributed by atoms with Crippen molar-refractivity contribution in [3.8, 4) is 0 Å². The lowest BCUT2D eigenvalue weighted by atomic mass is 10.0. The molecular formula is C12H19BrN4O2S. The first-order valence-corrected chi connectivity index (χ1v) is 8.76. The van der Waals surface area contributed by atoms with Crippen LogP contribution >= 0.6 is 15.9 Å². The third-order valence-electron chi connectivity index (χ3n) is 3.43. The molecule has 1 saturated heterocycles. The van der Waals surface area contributed by atoms with E-state index in [0.717, 1.165) is 22.9 Å². The summed E-state index contributed by atoms with van der Waals surface area (Å²) in [5, 5.41) is 0. The first kappa shape index (κ1) is 15.7. The molecule has 0 bridgehead atoms. The summed E-state index contributed by atoms with van der Waals surface area (Å²) in [5.74, 6) is 0.599. The molecule has 0 saturated carbocycles. The molecule has 0 aliphatic carbocycles. The highest BCUT2D eigenvalue weighted by atomic mass is 79.9. The van der Waals surface area contributed by atoms with Gasteiger partial charge in [0, 0.05) is 23.8 Å². The van der Waals surface area contributed by atoms with Crippen molar-refractivity contribution in [2.75, 3.05) is 24.4 Å². The van der Waals surface area contributed by atoms with Crippen LogP contribution in [0.15, 0.2) is 16.7 Å². The number of aromatic nitrogens is 1. The maximum atomic E-state index is 12.4. The van der Waals surface area contributed by atoms with Gasteiger partial charge in [0.2, 0.25) is 0 Å². The van der Waals surface area contributed by atoms with E-state index in [0.29, 0.717) is 25.5 Å². The Balaban J connectivity index is 2.14. The third kappa shape index (κ3) is 3.69. The van der Waals surface area contributed by atoms with Crippen LogP contribution in [0.4, 0.5) is 5.82 Å². The van der Waals surface area contributed by atoms with Crippen molar-refractivity contribution in [2.45, 2.75) is 19.8 Å². The number of pyridine rings is 1. The molecule has 0 radical (unpaired) electrons. The molecule has 3 N–H and O–H groups in total. The van der Waals surface area contributed by atoms with Crippen molar-refractivity contribution in [1.29, 1.82) is 0 Å². The maximum Gasteiger partial charge on any atom is 0.302 e. The van der Waals surface area contributed by atoms with Gasteiger partial charge in [-0.1, -0.05) is 0 Å². The molecule has 2 rings (SSSR count). The smallest absolute Gasteiger partial charge is 0.302 e. The van der Waals surface area contributed by atoms with Crippen molar-refractivity contribution in [1.82, 2.24) is 9.29 Å². The molecule has 1 aliphatic rings. The molecule has 1 atom stereocenters. The zero-order valence-corrected chi connectivity index (χ0v) is 13.7. The number of nitrogens with zero attached hydrogens (tertiary/aromatic N) is 2. The molecular weight excluding hydrogens is 344 g/mol. The molecule has 0 spiro atoms. The molecule has 1 aliphatic heterocycles. The van der Waals surface area contributed by atoms with Crippen LogP contribution in [-0.2, 0) is 10.2 Å². The Morgan fingerprint density at radius 3 is 3.00 bits per heavy atom. The second-order valence-electron chi connectivity index (χ2n) is 5.03. The van der Waals surface area contributed by atoms with Gasteiger partial charge in [-0.15, -0.1) is 0 Å². The third-order valence-corrected chi connectivity index (χ3v) is 5.32. The van der Waals surface area contributed by atoms with Gasteiger partial charge in [-0.05, 0) is 59.8 Å². The highest BCUT2D eigenvalue weighted by Gasteiger charge is 2.28. The van der Waals surface area contributed by atoms with Crippen molar-refractivity contribution in [2.24, 2.45) is 11.7 Å². The summed E-state index contributed by atoms with van der Waals surface area (Å²) in [6.45, 7) is 3.33. The van der Waals surface area contributed by atoms with Gasteiger partial charge in [-0.25, -0.2) is 4.98 Å². The van der Waals surface area contributed by atoms with Gasteiger partial charge in [0.25, 0.3) is 0 Å². The molecule has 1 unspecified atom stereocenters. The Bertz CT molecular complexity index is 579. The van der Waals surface area contributed by atoms with Gasteiger partial charge in [0.05, 0.1) is 0 Å². The van der Waals surface area contributed by atoms with E-state index in [9.17, 15) is 8.42 Å². The Hall–Kier alpha value is -0.700. The normalized spacial score (nSPS) is 20.9. The van der Waals surface area contributed by atoms with Gasteiger partial charge in [-0.2, -0.15) is 12.7 Å². The quantitative estimate of drug-likeness (QED) is 0.848. The Morgan fingerprint density at radius 2 is 2.35 bits per heavy atom. The molecule has 20 heavy (non-hydrogen) atoms. The minimum absolute atomic E-state index is 0.235.